The summed E-state index contributed by atoms with van der Waals surface area (Å²) in [5.74, 6) is -0.898. The van der Waals surface area contributed by atoms with Crippen molar-refractivity contribution in [3.05, 3.63) is 117 Å². The Kier molecular flexibility index (Phi) is 45.6. The maximum atomic E-state index is 13.0. The Bertz CT molecular complexity index is 4010. The lowest BCUT2D eigenvalue weighted by atomic mass is 10.0. The fraction of sp³-hybridized carbons (Fsp3) is 0.468. The Morgan fingerprint density at radius 3 is 0.876 bits per heavy atom. The summed E-state index contributed by atoms with van der Waals surface area (Å²) in [6, 6.07) is 27.4. The Hall–Kier alpha value is -10.0. The zero-order chi connectivity index (χ0) is 84.1. The summed E-state index contributed by atoms with van der Waals surface area (Å²) in [5, 5.41) is 29.9. The van der Waals surface area contributed by atoms with Gasteiger partial charge in [-0.15, -0.1) is 45.3 Å². The number of carbonyl (C=O) groups excluding carboxylic acids is 8. The van der Waals surface area contributed by atoms with E-state index in [2.05, 4.69) is 88.7 Å². The van der Waals surface area contributed by atoms with E-state index in [1.54, 1.807) is 35.1 Å². The number of Topliss-reactive ketones (excluding diaryl/α,β-unsaturated/α-hetero) is 4. The molecule has 616 valence electrons. The van der Waals surface area contributed by atoms with Crippen molar-refractivity contribution in [1.82, 2.24) is 57.2 Å². The van der Waals surface area contributed by atoms with Crippen LogP contribution in [0.4, 0.5) is 0 Å². The van der Waals surface area contributed by atoms with Gasteiger partial charge in [-0.1, -0.05) is 97.0 Å². The number of carboxylic acid groups (broad SMARTS) is 1. The number of aromatic nitrogens is 4. The van der Waals surface area contributed by atoms with Crippen LogP contribution in [0.2, 0.25) is 0 Å². The first kappa shape index (κ1) is 97.2. The summed E-state index contributed by atoms with van der Waals surface area (Å²) in [6.45, 7) is 16.6. The van der Waals surface area contributed by atoms with Crippen molar-refractivity contribution in [2.24, 2.45) is 72.1 Å². The van der Waals surface area contributed by atoms with Gasteiger partial charge in [-0.3, -0.25) is 63.1 Å². The van der Waals surface area contributed by atoms with Crippen LogP contribution < -0.4 is 71.6 Å². The van der Waals surface area contributed by atoms with Gasteiger partial charge in [0.1, 0.15) is 0 Å². The molecule has 0 aliphatic rings. The predicted molar refractivity (Wildman–Crippen MR) is 460 cm³/mol. The van der Waals surface area contributed by atoms with Crippen LogP contribution in [-0.4, -0.2) is 186 Å². The Balaban J connectivity index is 0.000000374. The number of hydrogen-bond donors (Lipinski definition) is 14. The van der Waals surface area contributed by atoms with E-state index in [1.807, 2.05) is 139 Å². The summed E-state index contributed by atoms with van der Waals surface area (Å²) in [6.07, 6.45) is 7.39. The number of benzene rings is 4. The molecule has 4 aromatic carbocycles. The Morgan fingerprint density at radius 1 is 0.398 bits per heavy atom. The third-order valence-corrected chi connectivity index (χ3v) is 21.3. The lowest BCUT2D eigenvalue weighted by Crippen LogP contribution is -2.48. The first-order chi connectivity index (χ1) is 53.9. The maximum absolute atomic E-state index is 13.0. The summed E-state index contributed by atoms with van der Waals surface area (Å²) in [4.78, 5) is 140. The number of rotatable bonds is 35. The smallest absolute Gasteiger partial charge is 0.306 e. The quantitative estimate of drug-likeness (QED) is 0.00580. The number of aliphatic carboxylic acids is 1. The van der Waals surface area contributed by atoms with Crippen molar-refractivity contribution in [2.75, 3.05) is 54.4 Å². The highest BCUT2D eigenvalue weighted by molar-refractivity contribution is 7.21. The molecule has 3 amide bonds. The molecular weight excluding hydrogens is 1540 g/mol. The predicted octanol–water partition coefficient (Wildman–Crippen LogP) is 8.67. The third-order valence-electron chi connectivity index (χ3n) is 17.1. The number of nitrogens with two attached hydrogens (primary N) is 6. The zero-order valence-corrected chi connectivity index (χ0v) is 70.4. The van der Waals surface area contributed by atoms with Crippen LogP contribution in [0, 0.1) is 17.8 Å². The fourth-order valence-corrected chi connectivity index (χ4v) is 13.4. The highest BCUT2D eigenvalue weighted by Crippen LogP contribution is 2.27. The van der Waals surface area contributed by atoms with Crippen molar-refractivity contribution >= 4 is 174 Å². The number of nitrogens with one attached hydrogen (secondary N) is 7. The molecular formula is C77H112ClN21O10S4. The number of nitrogens with zero attached hydrogens (tertiary/aromatic N) is 8. The summed E-state index contributed by atoms with van der Waals surface area (Å²) in [5.41, 5.74) is 37.3. The topological polar surface area (TPSA) is 515 Å². The van der Waals surface area contributed by atoms with E-state index in [1.165, 1.54) is 52.3 Å². The molecule has 0 radical (unpaired) electrons. The van der Waals surface area contributed by atoms with Crippen LogP contribution in [0.5, 0.6) is 0 Å². The first-order valence-electron chi connectivity index (χ1n) is 37.2. The van der Waals surface area contributed by atoms with Gasteiger partial charge < -0.3 is 76.7 Å². The van der Waals surface area contributed by atoms with E-state index in [0.29, 0.717) is 121 Å². The van der Waals surface area contributed by atoms with E-state index >= 15 is 0 Å². The zero-order valence-electron chi connectivity index (χ0n) is 66.3. The van der Waals surface area contributed by atoms with Gasteiger partial charge in [0, 0.05) is 73.1 Å². The van der Waals surface area contributed by atoms with E-state index in [-0.39, 0.29) is 63.9 Å². The number of carbonyl (C=O) groups is 9. The van der Waals surface area contributed by atoms with Crippen molar-refractivity contribution in [2.45, 2.75) is 163 Å². The molecule has 4 heterocycles. The van der Waals surface area contributed by atoms with Gasteiger partial charge in [-0.05, 0) is 137 Å². The second-order valence-corrected chi connectivity index (χ2v) is 30.3. The number of halogens is 1. The van der Waals surface area contributed by atoms with Gasteiger partial charge in [0.05, 0.1) is 77.0 Å². The summed E-state index contributed by atoms with van der Waals surface area (Å²) in [7, 11) is 6.42. The van der Waals surface area contributed by atoms with Gasteiger partial charge in [-0.25, -0.2) is 19.9 Å². The van der Waals surface area contributed by atoms with Crippen molar-refractivity contribution in [3.63, 3.8) is 0 Å². The second kappa shape index (κ2) is 53.1. The van der Waals surface area contributed by atoms with Gasteiger partial charge in [0.2, 0.25) is 46.1 Å². The summed E-state index contributed by atoms with van der Waals surface area (Å²) >= 11 is 10.1. The third kappa shape index (κ3) is 35.3. The number of para-hydroxylation sites is 4. The molecule has 0 saturated heterocycles. The lowest BCUT2D eigenvalue weighted by molar-refractivity contribution is -0.141. The minimum atomic E-state index is -0.706. The number of hydrogen-bond acceptors (Lipinski definition) is 23. The molecule has 0 spiro atoms. The van der Waals surface area contributed by atoms with Crippen LogP contribution in [0.1, 0.15) is 172 Å². The van der Waals surface area contributed by atoms with Gasteiger partial charge >= 0.3 is 5.97 Å². The first-order valence-corrected chi connectivity index (χ1v) is 40.8. The van der Waals surface area contributed by atoms with Crippen LogP contribution in [0.3, 0.4) is 0 Å². The minimum Gasteiger partial charge on any atom is -0.481 e. The van der Waals surface area contributed by atoms with Crippen molar-refractivity contribution < 1.29 is 48.3 Å². The average molecular weight is 1660 g/mol. The minimum absolute atomic E-state index is 0.103. The molecule has 8 rings (SSSR count). The average Bonchev–Trinajstić information content (AvgIpc) is 1.69. The maximum Gasteiger partial charge on any atom is 0.306 e. The van der Waals surface area contributed by atoms with E-state index in [9.17, 15) is 43.2 Å². The number of amides is 3. The van der Waals surface area contributed by atoms with E-state index in [0.717, 1.165) is 66.5 Å². The molecule has 0 bridgehead atoms. The largest absolute Gasteiger partial charge is 0.481 e. The van der Waals surface area contributed by atoms with Crippen molar-refractivity contribution in [1.29, 1.82) is 0 Å². The number of aliphatic imine (C=N–C) groups is 4. The number of fused-ring (bicyclic) bond motifs is 4. The molecule has 20 N–H and O–H groups in total. The Morgan fingerprint density at radius 2 is 0.646 bits per heavy atom. The molecule has 31 nitrogen and oxygen atoms in total. The lowest BCUT2D eigenvalue weighted by Gasteiger charge is -2.19. The van der Waals surface area contributed by atoms with Gasteiger partial charge in [-0.2, -0.15) is 0 Å². The number of thiazole rings is 4. The van der Waals surface area contributed by atoms with Crippen molar-refractivity contribution in [3.8, 4) is 0 Å². The van der Waals surface area contributed by atoms with Crippen LogP contribution in [0.15, 0.2) is 117 Å². The molecule has 36 heteroatoms. The molecule has 8 atom stereocenters. The summed E-state index contributed by atoms with van der Waals surface area (Å²) < 4.78 is 3.86. The molecule has 0 fully saturated rings. The van der Waals surface area contributed by atoms with Crippen LogP contribution in [0.25, 0.3) is 40.9 Å². The number of carboxylic acids is 1. The molecule has 8 aromatic rings. The van der Waals surface area contributed by atoms with Crippen LogP contribution in [-0.2, 0) is 24.0 Å². The van der Waals surface area contributed by atoms with E-state index < -0.39 is 36.2 Å². The molecule has 113 heavy (non-hydrogen) atoms. The monoisotopic (exact) mass is 1650 g/mol. The van der Waals surface area contributed by atoms with Crippen LogP contribution >= 0.6 is 56.9 Å². The highest BCUT2D eigenvalue weighted by Gasteiger charge is 2.30. The Labute approximate surface area is 681 Å². The second-order valence-electron chi connectivity index (χ2n) is 25.7. The standard InChI is InChI=1S/2C19H27N5O2S.C18H26N6O2S.C14H19N5OS.C5H10O2.C2H3ClO/c2*1-4-12(2)17(26)23-14(9-7-11-22-19(20)21-3)16(25)18-24-13-8-5-6-10-15(13)27-18;1-3-11(19)16(26)23-13(8-6-10-22-18(20)21-2)15(25)17-24-12-7-4-5-9-14(12)27-17;1-17-14(16)18-8-4-5-9(15)12(20)13-19-10-6-2-3-7-11(10)21-13;1-3-4(2)5(6)7;1-2(3)4/h2*5-6,8,10,12,14H,4,7,9,11H2,1-3H3,(H,23,26)(H3,20,21,22);4-5,7,9,11,13H,3,6,8,10,19H2,1-2H3,(H,23,26)(H3,20,21,22);2-3,6-7,9H,4-5,8,15H2,1H3,(H3,16,17,18);4H,3H2,1-2H3,(H,6,7);1H3/t2*12-,14-;11-,13-;9-;4-;/m00000./s1. The van der Waals surface area contributed by atoms with Gasteiger partial charge in [0.25, 0.3) is 0 Å². The highest BCUT2D eigenvalue weighted by atomic mass is 35.5. The molecule has 0 aliphatic heterocycles. The normalized spacial score (nSPS) is 13.5. The van der Waals surface area contributed by atoms with Gasteiger partial charge in [0.15, 0.2) is 43.9 Å². The molecule has 4 aromatic heterocycles. The molecule has 0 saturated carbocycles. The number of ketones is 4. The molecule has 0 unspecified atom stereocenters. The van der Waals surface area contributed by atoms with E-state index in [4.69, 9.17) is 39.5 Å². The SMILES string of the molecule is CC(=O)Cl.CC[C@H](C)C(=O)N[C@@H](CCCNC(N)=NC)C(=O)c1nc2ccccc2s1.CC[C@H](C)C(=O)N[C@@H](CCCNC(N)=NC)C(=O)c1nc2ccccc2s1.CC[C@H](C)C(=O)O.CC[C@H](N)C(=O)N[C@@H](CCCNC(N)=NC)C(=O)c1nc2ccccc2s1.CN=C(N)NCCC[C@H](N)C(=O)c1nc2ccccc2s1. The fourth-order valence-electron chi connectivity index (χ4n) is 9.51. The number of guanidine groups is 4. The molecule has 0 aliphatic carbocycles.